The van der Waals surface area contributed by atoms with Crippen molar-refractivity contribution in [3.05, 3.63) is 75.8 Å². The van der Waals surface area contributed by atoms with E-state index in [9.17, 15) is 14.9 Å². The lowest BCUT2D eigenvalue weighted by atomic mass is 10.1. The Kier molecular flexibility index (Phi) is 5.63. The molecular weight excluding hydrogens is 294 g/mol. The number of carbonyl (C=O) groups excluding carboxylic acids is 1. The molecule has 0 N–H and O–H groups in total. The fraction of sp³-hybridized carbons (Fsp3) is 0.167. The summed E-state index contributed by atoms with van der Waals surface area (Å²) < 4.78 is 5.46. The second-order valence-corrected chi connectivity index (χ2v) is 4.92. The first kappa shape index (κ1) is 16.4. The van der Waals surface area contributed by atoms with Crippen LogP contribution < -0.4 is 4.74 Å². The zero-order valence-electron chi connectivity index (χ0n) is 12.8. The molecule has 0 fully saturated rings. The van der Waals surface area contributed by atoms with E-state index in [-0.39, 0.29) is 11.5 Å². The van der Waals surface area contributed by atoms with E-state index in [4.69, 9.17) is 4.74 Å². The number of ether oxygens (including phenoxy) is 1. The molecule has 0 aliphatic carbocycles. The third-order valence-corrected chi connectivity index (χ3v) is 3.12. The number of nitro benzene ring substituents is 1. The summed E-state index contributed by atoms with van der Waals surface area (Å²) in [5, 5.41) is 10.7. The lowest BCUT2D eigenvalue weighted by Gasteiger charge is -2.04. The molecule has 0 aliphatic heterocycles. The lowest BCUT2D eigenvalue weighted by Crippen LogP contribution is -1.97. The summed E-state index contributed by atoms with van der Waals surface area (Å²) in [6, 6.07) is 13.0. The Morgan fingerprint density at radius 3 is 2.61 bits per heavy atom. The van der Waals surface area contributed by atoms with Crippen molar-refractivity contribution in [2.45, 2.75) is 13.3 Å². The highest BCUT2D eigenvalue weighted by Gasteiger charge is 2.05. The number of carbonyl (C=O) groups is 1. The van der Waals surface area contributed by atoms with Gasteiger partial charge in [-0.05, 0) is 42.3 Å². The van der Waals surface area contributed by atoms with E-state index in [1.165, 1.54) is 18.2 Å². The van der Waals surface area contributed by atoms with Crippen LogP contribution in [0.25, 0.3) is 6.08 Å². The van der Waals surface area contributed by atoms with E-state index in [1.807, 2.05) is 6.92 Å². The van der Waals surface area contributed by atoms with Crippen molar-refractivity contribution < 1.29 is 14.5 Å². The standard InChI is InChI=1S/C18H17NO4/c1-2-12-23-17-9-7-15(8-10-17)18(20)11-6-14-4-3-5-16(13-14)19(21)22/h3-11,13H,2,12H2,1H3/b11-6+. The summed E-state index contributed by atoms with van der Waals surface area (Å²) in [7, 11) is 0. The molecule has 0 radical (unpaired) electrons. The maximum absolute atomic E-state index is 12.1. The molecule has 0 heterocycles. The van der Waals surface area contributed by atoms with Crippen LogP contribution in [0.3, 0.4) is 0 Å². The van der Waals surface area contributed by atoms with Crippen molar-refractivity contribution in [3.8, 4) is 5.75 Å². The molecule has 5 heteroatoms. The van der Waals surface area contributed by atoms with Gasteiger partial charge in [-0.25, -0.2) is 0 Å². The number of nitro groups is 1. The van der Waals surface area contributed by atoms with Crippen LogP contribution in [0.2, 0.25) is 0 Å². The number of nitrogens with zero attached hydrogens (tertiary/aromatic N) is 1. The molecule has 2 rings (SSSR count). The molecule has 5 nitrogen and oxygen atoms in total. The Morgan fingerprint density at radius 2 is 1.96 bits per heavy atom. The molecule has 2 aromatic carbocycles. The first-order chi connectivity index (χ1) is 11.1. The highest BCUT2D eigenvalue weighted by Crippen LogP contribution is 2.16. The van der Waals surface area contributed by atoms with Crippen LogP contribution in [-0.4, -0.2) is 17.3 Å². The highest BCUT2D eigenvalue weighted by molar-refractivity contribution is 6.06. The number of non-ortho nitro benzene ring substituents is 1. The van der Waals surface area contributed by atoms with Gasteiger partial charge in [-0.15, -0.1) is 0 Å². The van der Waals surface area contributed by atoms with Crippen LogP contribution in [0.1, 0.15) is 29.3 Å². The van der Waals surface area contributed by atoms with Crippen molar-refractivity contribution in [2.75, 3.05) is 6.61 Å². The zero-order chi connectivity index (χ0) is 16.7. The van der Waals surface area contributed by atoms with E-state index in [1.54, 1.807) is 42.5 Å². The van der Waals surface area contributed by atoms with Gasteiger partial charge in [-0.3, -0.25) is 14.9 Å². The van der Waals surface area contributed by atoms with Crippen LogP contribution in [-0.2, 0) is 0 Å². The maximum Gasteiger partial charge on any atom is 0.270 e. The fourth-order valence-corrected chi connectivity index (χ4v) is 1.95. The zero-order valence-corrected chi connectivity index (χ0v) is 12.8. The van der Waals surface area contributed by atoms with Gasteiger partial charge in [0.15, 0.2) is 5.78 Å². The van der Waals surface area contributed by atoms with Crippen LogP contribution in [0, 0.1) is 10.1 Å². The summed E-state index contributed by atoms with van der Waals surface area (Å²) in [4.78, 5) is 22.4. The predicted molar refractivity (Wildman–Crippen MR) is 88.7 cm³/mol. The van der Waals surface area contributed by atoms with E-state index in [0.29, 0.717) is 17.7 Å². The van der Waals surface area contributed by atoms with E-state index >= 15 is 0 Å². The largest absolute Gasteiger partial charge is 0.494 e. The van der Waals surface area contributed by atoms with E-state index in [0.717, 1.165) is 12.2 Å². The van der Waals surface area contributed by atoms with Crippen molar-refractivity contribution in [3.63, 3.8) is 0 Å². The fourth-order valence-electron chi connectivity index (χ4n) is 1.95. The van der Waals surface area contributed by atoms with Gasteiger partial charge in [0.05, 0.1) is 11.5 Å². The second-order valence-electron chi connectivity index (χ2n) is 4.92. The predicted octanol–water partition coefficient (Wildman–Crippen LogP) is 4.28. The van der Waals surface area contributed by atoms with Gasteiger partial charge in [-0.2, -0.15) is 0 Å². The Labute approximate surface area is 134 Å². The molecule has 23 heavy (non-hydrogen) atoms. The topological polar surface area (TPSA) is 69.4 Å². The molecule has 0 saturated heterocycles. The Balaban J connectivity index is 2.06. The Hall–Kier alpha value is -2.95. The number of rotatable bonds is 7. The van der Waals surface area contributed by atoms with Crippen LogP contribution in [0.5, 0.6) is 5.75 Å². The first-order valence-corrected chi connectivity index (χ1v) is 7.30. The monoisotopic (exact) mass is 311 g/mol. The molecule has 0 saturated carbocycles. The van der Waals surface area contributed by atoms with Gasteiger partial charge in [0.1, 0.15) is 5.75 Å². The lowest BCUT2D eigenvalue weighted by molar-refractivity contribution is -0.384. The van der Waals surface area contributed by atoms with Crippen molar-refractivity contribution >= 4 is 17.5 Å². The summed E-state index contributed by atoms with van der Waals surface area (Å²) in [6.07, 6.45) is 3.89. The summed E-state index contributed by atoms with van der Waals surface area (Å²) >= 11 is 0. The summed E-state index contributed by atoms with van der Waals surface area (Å²) in [5.74, 6) is 0.560. The smallest absolute Gasteiger partial charge is 0.270 e. The number of ketones is 1. The van der Waals surface area contributed by atoms with Crippen LogP contribution in [0.15, 0.2) is 54.6 Å². The number of hydrogen-bond donors (Lipinski definition) is 0. The quantitative estimate of drug-likeness (QED) is 0.331. The average molecular weight is 311 g/mol. The number of benzene rings is 2. The number of allylic oxidation sites excluding steroid dienone is 1. The SMILES string of the molecule is CCCOc1ccc(C(=O)/C=C/c2cccc([N+](=O)[O-])c2)cc1. The molecule has 2 aromatic rings. The minimum Gasteiger partial charge on any atom is -0.494 e. The normalized spacial score (nSPS) is 10.7. The third-order valence-electron chi connectivity index (χ3n) is 3.12. The molecule has 0 aliphatic rings. The minimum absolute atomic E-state index is 0.00275. The summed E-state index contributed by atoms with van der Waals surface area (Å²) in [5.41, 5.74) is 1.14. The molecule has 118 valence electrons. The molecule has 0 bridgehead atoms. The molecule has 0 amide bonds. The Morgan fingerprint density at radius 1 is 1.22 bits per heavy atom. The van der Waals surface area contributed by atoms with E-state index < -0.39 is 4.92 Å². The van der Waals surface area contributed by atoms with Gasteiger partial charge in [0.2, 0.25) is 0 Å². The Bertz CT molecular complexity index is 720. The molecule has 0 unspecified atom stereocenters. The second kappa shape index (κ2) is 7.89. The van der Waals surface area contributed by atoms with Crippen molar-refractivity contribution in [1.82, 2.24) is 0 Å². The molecule has 0 spiro atoms. The summed E-state index contributed by atoms with van der Waals surface area (Å²) in [6.45, 7) is 2.66. The average Bonchev–Trinajstić information content (AvgIpc) is 2.58. The van der Waals surface area contributed by atoms with Crippen LogP contribution >= 0.6 is 0 Å². The first-order valence-electron chi connectivity index (χ1n) is 7.30. The maximum atomic E-state index is 12.1. The minimum atomic E-state index is -0.464. The van der Waals surface area contributed by atoms with Gasteiger partial charge in [0.25, 0.3) is 5.69 Å². The highest BCUT2D eigenvalue weighted by atomic mass is 16.6. The van der Waals surface area contributed by atoms with Crippen LogP contribution in [0.4, 0.5) is 5.69 Å². The number of hydrogen-bond acceptors (Lipinski definition) is 4. The van der Waals surface area contributed by atoms with Gasteiger partial charge in [-0.1, -0.05) is 25.1 Å². The van der Waals surface area contributed by atoms with Crippen molar-refractivity contribution in [1.29, 1.82) is 0 Å². The van der Waals surface area contributed by atoms with Gasteiger partial charge < -0.3 is 4.74 Å². The molecule has 0 aromatic heterocycles. The van der Waals surface area contributed by atoms with Gasteiger partial charge >= 0.3 is 0 Å². The molecular formula is C18H17NO4. The van der Waals surface area contributed by atoms with Crippen molar-refractivity contribution in [2.24, 2.45) is 0 Å². The third kappa shape index (κ3) is 4.78. The van der Waals surface area contributed by atoms with E-state index in [2.05, 4.69) is 0 Å². The molecule has 0 atom stereocenters. The van der Waals surface area contributed by atoms with Gasteiger partial charge in [0, 0.05) is 17.7 Å².